The average molecular weight is 180 g/mol. The predicted molar refractivity (Wildman–Crippen MR) is 55.5 cm³/mol. The largest absolute Gasteiger partial charge is 0.294 e. The zero-order chi connectivity index (χ0) is 10.0. The van der Waals surface area contributed by atoms with E-state index in [1.165, 1.54) is 0 Å². The van der Waals surface area contributed by atoms with Crippen molar-refractivity contribution in [2.24, 2.45) is 17.8 Å². The van der Waals surface area contributed by atoms with Crippen molar-refractivity contribution in [3.8, 4) is 0 Å². The summed E-state index contributed by atoms with van der Waals surface area (Å²) in [6, 6.07) is 0. The summed E-state index contributed by atoms with van der Waals surface area (Å²) in [6.45, 7) is 8.43. The molecule has 0 bridgehead atoms. The summed E-state index contributed by atoms with van der Waals surface area (Å²) in [5, 5.41) is 0. The van der Waals surface area contributed by atoms with Gasteiger partial charge in [-0.3, -0.25) is 4.79 Å². The Labute approximate surface area is 81.2 Å². The van der Waals surface area contributed by atoms with Gasteiger partial charge in [0.2, 0.25) is 0 Å². The first-order valence-electron chi connectivity index (χ1n) is 5.25. The van der Waals surface area contributed by atoms with E-state index in [0.29, 0.717) is 17.6 Å². The van der Waals surface area contributed by atoms with Gasteiger partial charge in [0.15, 0.2) is 5.78 Å². The van der Waals surface area contributed by atoms with Crippen LogP contribution in [0, 0.1) is 17.8 Å². The molecule has 1 heteroatoms. The maximum Gasteiger partial charge on any atom is 0.161 e. The number of hydrogen-bond acceptors (Lipinski definition) is 1. The van der Waals surface area contributed by atoms with Gasteiger partial charge in [0.25, 0.3) is 0 Å². The Morgan fingerprint density at radius 2 is 2.00 bits per heavy atom. The van der Waals surface area contributed by atoms with E-state index < -0.39 is 0 Å². The smallest absolute Gasteiger partial charge is 0.161 e. The quantitative estimate of drug-likeness (QED) is 0.652. The SMILES string of the molecule is CC(C)C(=O)C1=CCC(C(C)C)C1. The van der Waals surface area contributed by atoms with Gasteiger partial charge in [-0.2, -0.15) is 0 Å². The van der Waals surface area contributed by atoms with E-state index in [4.69, 9.17) is 0 Å². The van der Waals surface area contributed by atoms with Crippen molar-refractivity contribution >= 4 is 5.78 Å². The molecular weight excluding hydrogens is 160 g/mol. The topological polar surface area (TPSA) is 17.1 Å². The Balaban J connectivity index is 2.53. The molecule has 1 rings (SSSR count). The highest BCUT2D eigenvalue weighted by Gasteiger charge is 2.24. The molecule has 0 aromatic heterocycles. The molecular formula is C12H20O. The van der Waals surface area contributed by atoms with Gasteiger partial charge >= 0.3 is 0 Å². The van der Waals surface area contributed by atoms with Crippen LogP contribution in [0.15, 0.2) is 11.6 Å². The fourth-order valence-corrected chi connectivity index (χ4v) is 1.82. The Hall–Kier alpha value is -0.590. The molecule has 1 unspecified atom stereocenters. The van der Waals surface area contributed by atoms with Gasteiger partial charge in [-0.1, -0.05) is 33.8 Å². The normalized spacial score (nSPS) is 22.6. The van der Waals surface area contributed by atoms with Crippen LogP contribution in [-0.2, 0) is 4.79 Å². The van der Waals surface area contributed by atoms with Crippen LogP contribution in [0.4, 0.5) is 0 Å². The first-order chi connectivity index (χ1) is 6.02. The van der Waals surface area contributed by atoms with Crippen molar-refractivity contribution in [2.45, 2.75) is 40.5 Å². The molecule has 0 aromatic rings. The summed E-state index contributed by atoms with van der Waals surface area (Å²) in [4.78, 5) is 11.6. The van der Waals surface area contributed by atoms with Crippen LogP contribution < -0.4 is 0 Å². The van der Waals surface area contributed by atoms with Gasteiger partial charge in [0.1, 0.15) is 0 Å². The molecule has 0 aliphatic heterocycles. The highest BCUT2D eigenvalue weighted by Crippen LogP contribution is 2.32. The fourth-order valence-electron chi connectivity index (χ4n) is 1.82. The molecule has 0 fully saturated rings. The summed E-state index contributed by atoms with van der Waals surface area (Å²) < 4.78 is 0. The monoisotopic (exact) mass is 180 g/mol. The van der Waals surface area contributed by atoms with Crippen LogP contribution in [0.25, 0.3) is 0 Å². The summed E-state index contributed by atoms with van der Waals surface area (Å²) in [6.07, 6.45) is 4.26. The lowest BCUT2D eigenvalue weighted by Gasteiger charge is -2.14. The minimum absolute atomic E-state index is 0.164. The molecule has 0 aromatic carbocycles. The van der Waals surface area contributed by atoms with Crippen molar-refractivity contribution in [2.75, 3.05) is 0 Å². The van der Waals surface area contributed by atoms with E-state index in [9.17, 15) is 4.79 Å². The zero-order valence-electron chi connectivity index (χ0n) is 9.13. The molecule has 0 saturated heterocycles. The second kappa shape index (κ2) is 4.08. The van der Waals surface area contributed by atoms with Crippen molar-refractivity contribution in [3.63, 3.8) is 0 Å². The third kappa shape index (κ3) is 2.43. The maximum absolute atomic E-state index is 11.6. The Kier molecular flexibility index (Phi) is 3.29. The summed E-state index contributed by atoms with van der Waals surface area (Å²) in [7, 11) is 0. The Morgan fingerprint density at radius 3 is 2.38 bits per heavy atom. The number of hydrogen-bond donors (Lipinski definition) is 0. The summed E-state index contributed by atoms with van der Waals surface area (Å²) >= 11 is 0. The van der Waals surface area contributed by atoms with Crippen molar-refractivity contribution < 1.29 is 4.79 Å². The lowest BCUT2D eigenvalue weighted by molar-refractivity contribution is -0.118. The zero-order valence-corrected chi connectivity index (χ0v) is 9.13. The molecule has 0 N–H and O–H groups in total. The minimum Gasteiger partial charge on any atom is -0.294 e. The lowest BCUT2D eigenvalue weighted by Crippen LogP contribution is -2.11. The number of allylic oxidation sites excluding steroid dienone is 2. The van der Waals surface area contributed by atoms with Gasteiger partial charge in [-0.05, 0) is 30.3 Å². The van der Waals surface area contributed by atoms with Crippen molar-refractivity contribution in [3.05, 3.63) is 11.6 Å². The van der Waals surface area contributed by atoms with Gasteiger partial charge in [-0.25, -0.2) is 0 Å². The van der Waals surface area contributed by atoms with E-state index in [2.05, 4.69) is 19.9 Å². The molecule has 0 heterocycles. The second-order valence-electron chi connectivity index (χ2n) is 4.69. The lowest BCUT2D eigenvalue weighted by atomic mass is 9.91. The first kappa shape index (κ1) is 10.5. The number of carbonyl (C=O) groups is 1. The van der Waals surface area contributed by atoms with Crippen LogP contribution in [-0.4, -0.2) is 5.78 Å². The van der Waals surface area contributed by atoms with E-state index >= 15 is 0 Å². The molecule has 74 valence electrons. The van der Waals surface area contributed by atoms with Crippen LogP contribution in [0.1, 0.15) is 40.5 Å². The minimum atomic E-state index is 0.164. The van der Waals surface area contributed by atoms with Crippen LogP contribution in [0.5, 0.6) is 0 Å². The number of carbonyl (C=O) groups excluding carboxylic acids is 1. The molecule has 1 aliphatic carbocycles. The van der Waals surface area contributed by atoms with Gasteiger partial charge in [0, 0.05) is 5.92 Å². The van der Waals surface area contributed by atoms with Gasteiger partial charge in [0.05, 0.1) is 0 Å². The van der Waals surface area contributed by atoms with Crippen LogP contribution in [0.3, 0.4) is 0 Å². The van der Waals surface area contributed by atoms with E-state index in [0.717, 1.165) is 18.4 Å². The number of Topliss-reactive ketones (excluding diaryl/α,β-unsaturated/α-hetero) is 1. The van der Waals surface area contributed by atoms with E-state index in [1.54, 1.807) is 0 Å². The molecule has 1 atom stereocenters. The first-order valence-corrected chi connectivity index (χ1v) is 5.25. The van der Waals surface area contributed by atoms with E-state index in [1.807, 2.05) is 13.8 Å². The molecule has 1 aliphatic rings. The molecule has 0 spiro atoms. The second-order valence-corrected chi connectivity index (χ2v) is 4.69. The molecule has 0 amide bonds. The predicted octanol–water partition coefficient (Wildman–Crippen LogP) is 3.20. The number of ketones is 1. The summed E-state index contributed by atoms with van der Waals surface area (Å²) in [5.74, 6) is 1.92. The highest BCUT2D eigenvalue weighted by atomic mass is 16.1. The third-order valence-corrected chi connectivity index (χ3v) is 2.93. The molecule has 13 heavy (non-hydrogen) atoms. The van der Waals surface area contributed by atoms with Crippen molar-refractivity contribution in [1.82, 2.24) is 0 Å². The summed E-state index contributed by atoms with van der Waals surface area (Å²) in [5.41, 5.74) is 1.08. The molecule has 0 saturated carbocycles. The van der Waals surface area contributed by atoms with Gasteiger partial charge in [-0.15, -0.1) is 0 Å². The number of rotatable bonds is 3. The Morgan fingerprint density at radius 1 is 1.38 bits per heavy atom. The van der Waals surface area contributed by atoms with E-state index in [-0.39, 0.29) is 5.92 Å². The average Bonchev–Trinajstić information content (AvgIpc) is 2.50. The third-order valence-electron chi connectivity index (χ3n) is 2.93. The maximum atomic E-state index is 11.6. The van der Waals surface area contributed by atoms with Crippen LogP contribution in [0.2, 0.25) is 0 Å². The highest BCUT2D eigenvalue weighted by molar-refractivity contribution is 5.97. The standard InChI is InChI=1S/C12H20O/c1-8(2)10-5-6-11(7-10)12(13)9(3)4/h6,8-10H,5,7H2,1-4H3. The van der Waals surface area contributed by atoms with Crippen molar-refractivity contribution in [1.29, 1.82) is 0 Å². The molecule has 1 nitrogen and oxygen atoms in total. The Bertz CT molecular complexity index is 223. The van der Waals surface area contributed by atoms with Crippen LogP contribution >= 0.6 is 0 Å². The van der Waals surface area contributed by atoms with Gasteiger partial charge < -0.3 is 0 Å². The fraction of sp³-hybridized carbons (Fsp3) is 0.750. The molecule has 0 radical (unpaired) electrons.